The molecule has 0 fully saturated rings. The molecule has 0 aliphatic heterocycles. The summed E-state index contributed by atoms with van der Waals surface area (Å²) in [5.74, 6) is 0. The van der Waals surface area contributed by atoms with Crippen LogP contribution in [0.1, 0.15) is 11.8 Å². The van der Waals surface area contributed by atoms with E-state index in [0.29, 0.717) is 6.42 Å². The lowest BCUT2D eigenvalue weighted by Gasteiger charge is -2.20. The van der Waals surface area contributed by atoms with Crippen LogP contribution in [0.25, 0.3) is 0 Å². The zero-order valence-electron chi connectivity index (χ0n) is 7.18. The topological polar surface area (TPSA) is 46.2 Å². The summed E-state index contributed by atoms with van der Waals surface area (Å²) in [5, 5.41) is 8.97. The Bertz CT molecular complexity index is 281. The molecule has 74 valence electrons. The lowest BCUT2D eigenvalue weighted by molar-refractivity contribution is 0.209. The fourth-order valence-corrected chi connectivity index (χ4v) is 2.92. The second-order valence-electron chi connectivity index (χ2n) is 3.32. The Morgan fingerprint density at radius 2 is 2.38 bits per heavy atom. The van der Waals surface area contributed by atoms with Crippen molar-refractivity contribution in [3.63, 3.8) is 0 Å². The average molecular weight is 285 g/mol. The van der Waals surface area contributed by atoms with Crippen LogP contribution in [0.15, 0.2) is 10.5 Å². The molecule has 3 N–H and O–H groups in total. The van der Waals surface area contributed by atoms with E-state index in [-0.39, 0.29) is 6.61 Å². The van der Waals surface area contributed by atoms with Crippen LogP contribution in [0.3, 0.4) is 0 Å². The van der Waals surface area contributed by atoms with Gasteiger partial charge in [0.25, 0.3) is 0 Å². The molecule has 13 heavy (non-hydrogen) atoms. The zero-order chi connectivity index (χ0) is 10.1. The maximum Gasteiger partial charge on any atom is 0.107 e. The number of rotatable bonds is 3. The predicted octanol–water partition coefficient (Wildman–Crippen LogP) is 2.42. The molecular formula is C8H11BrClNOS. The number of hydrogen-bond acceptors (Lipinski definition) is 3. The van der Waals surface area contributed by atoms with Gasteiger partial charge in [0.05, 0.1) is 6.61 Å². The van der Waals surface area contributed by atoms with E-state index >= 15 is 0 Å². The van der Waals surface area contributed by atoms with Gasteiger partial charge >= 0.3 is 0 Å². The highest BCUT2D eigenvalue weighted by Gasteiger charge is 2.19. The lowest BCUT2D eigenvalue weighted by atomic mass is 10.00. The normalized spacial score (nSPS) is 15.8. The fraction of sp³-hybridized carbons (Fsp3) is 0.500. The Kier molecular flexibility index (Phi) is 3.77. The van der Waals surface area contributed by atoms with Gasteiger partial charge in [-0.2, -0.15) is 0 Å². The van der Waals surface area contributed by atoms with Gasteiger partial charge in [-0.3, -0.25) is 0 Å². The molecule has 1 heterocycles. The minimum absolute atomic E-state index is 0.0276. The van der Waals surface area contributed by atoms with Crippen LogP contribution in [0.5, 0.6) is 0 Å². The molecule has 0 aliphatic rings. The number of nitrogens with two attached hydrogens (primary N) is 1. The summed E-state index contributed by atoms with van der Waals surface area (Å²) in [5.41, 5.74) is 5.24. The molecule has 0 radical (unpaired) electrons. The van der Waals surface area contributed by atoms with Gasteiger partial charge in [0.1, 0.15) is 4.34 Å². The molecule has 1 aromatic heterocycles. The van der Waals surface area contributed by atoms with E-state index in [1.807, 2.05) is 13.0 Å². The van der Waals surface area contributed by atoms with E-state index in [1.54, 1.807) is 0 Å². The summed E-state index contributed by atoms with van der Waals surface area (Å²) >= 11 is 10.7. The monoisotopic (exact) mass is 283 g/mol. The maximum atomic E-state index is 8.97. The van der Waals surface area contributed by atoms with Crippen molar-refractivity contribution < 1.29 is 5.11 Å². The summed E-state index contributed by atoms with van der Waals surface area (Å²) in [7, 11) is 0. The molecular weight excluding hydrogens is 274 g/mol. The third-order valence-corrected chi connectivity index (χ3v) is 4.11. The quantitative estimate of drug-likeness (QED) is 0.895. The standard InChI is InChI=1S/C8H11BrClNOS/c1-8(11,4-12)3-5-2-6(9)7(10)13-5/h2,12H,3-4,11H2,1H3. The van der Waals surface area contributed by atoms with Gasteiger partial charge in [-0.15, -0.1) is 11.3 Å². The van der Waals surface area contributed by atoms with E-state index < -0.39 is 5.54 Å². The molecule has 0 bridgehead atoms. The minimum Gasteiger partial charge on any atom is -0.394 e. The Morgan fingerprint density at radius 3 is 2.77 bits per heavy atom. The van der Waals surface area contributed by atoms with Crippen molar-refractivity contribution in [3.05, 3.63) is 19.8 Å². The zero-order valence-corrected chi connectivity index (χ0v) is 10.3. The van der Waals surface area contributed by atoms with Crippen LogP contribution in [0.2, 0.25) is 4.34 Å². The largest absolute Gasteiger partial charge is 0.394 e. The maximum absolute atomic E-state index is 8.97. The first-order chi connectivity index (χ1) is 5.94. The van der Waals surface area contributed by atoms with Gasteiger partial charge in [0, 0.05) is 21.3 Å². The van der Waals surface area contributed by atoms with Crippen molar-refractivity contribution in [1.29, 1.82) is 0 Å². The van der Waals surface area contributed by atoms with Crippen molar-refractivity contribution in [2.75, 3.05) is 6.61 Å². The molecule has 0 aliphatic carbocycles. The Morgan fingerprint density at radius 1 is 1.77 bits per heavy atom. The molecule has 2 nitrogen and oxygen atoms in total. The van der Waals surface area contributed by atoms with Crippen molar-refractivity contribution in [3.8, 4) is 0 Å². The second-order valence-corrected chi connectivity index (χ2v) is 5.92. The first-order valence-electron chi connectivity index (χ1n) is 3.78. The van der Waals surface area contributed by atoms with E-state index in [1.165, 1.54) is 11.3 Å². The fourth-order valence-electron chi connectivity index (χ4n) is 0.932. The molecule has 0 saturated carbocycles. The number of aliphatic hydroxyl groups excluding tert-OH is 1. The van der Waals surface area contributed by atoms with E-state index in [2.05, 4.69) is 15.9 Å². The third kappa shape index (κ3) is 3.22. The van der Waals surface area contributed by atoms with Gasteiger partial charge in [0.2, 0.25) is 0 Å². The van der Waals surface area contributed by atoms with Crippen LogP contribution >= 0.6 is 38.9 Å². The lowest BCUT2D eigenvalue weighted by Crippen LogP contribution is -2.42. The summed E-state index contributed by atoms with van der Waals surface area (Å²) < 4.78 is 1.62. The molecule has 0 saturated heterocycles. The van der Waals surface area contributed by atoms with Gasteiger partial charge in [-0.25, -0.2) is 0 Å². The van der Waals surface area contributed by atoms with Crippen molar-refractivity contribution in [1.82, 2.24) is 0 Å². The molecule has 1 rings (SSSR count). The molecule has 0 aromatic carbocycles. The summed E-state index contributed by atoms with van der Waals surface area (Å²) in [6, 6.07) is 1.94. The Labute approximate surface area is 94.8 Å². The highest BCUT2D eigenvalue weighted by molar-refractivity contribution is 9.10. The van der Waals surface area contributed by atoms with Crippen LogP contribution in [-0.4, -0.2) is 17.3 Å². The highest BCUT2D eigenvalue weighted by Crippen LogP contribution is 2.33. The van der Waals surface area contributed by atoms with Crippen LogP contribution < -0.4 is 5.73 Å². The Balaban J connectivity index is 2.75. The number of halogens is 2. The molecule has 1 aromatic rings. The van der Waals surface area contributed by atoms with Crippen molar-refractivity contribution >= 4 is 38.9 Å². The highest BCUT2D eigenvalue weighted by atomic mass is 79.9. The molecule has 0 spiro atoms. The second kappa shape index (κ2) is 4.28. The summed E-state index contributed by atoms with van der Waals surface area (Å²) in [4.78, 5) is 1.08. The third-order valence-electron chi connectivity index (χ3n) is 1.64. The first-order valence-corrected chi connectivity index (χ1v) is 5.77. The van der Waals surface area contributed by atoms with E-state index in [9.17, 15) is 0 Å². The molecule has 1 atom stereocenters. The molecule has 5 heteroatoms. The number of thiophene rings is 1. The minimum atomic E-state index is -0.562. The molecule has 0 amide bonds. The predicted molar refractivity (Wildman–Crippen MR) is 60.4 cm³/mol. The summed E-state index contributed by atoms with van der Waals surface area (Å²) in [6.45, 7) is 1.79. The SMILES string of the molecule is CC(N)(CO)Cc1cc(Br)c(Cl)s1. The van der Waals surface area contributed by atoms with Gasteiger partial charge in [0.15, 0.2) is 0 Å². The van der Waals surface area contributed by atoms with E-state index in [0.717, 1.165) is 13.7 Å². The number of aliphatic hydroxyl groups is 1. The van der Waals surface area contributed by atoms with Crippen molar-refractivity contribution in [2.24, 2.45) is 5.73 Å². The van der Waals surface area contributed by atoms with Crippen LogP contribution in [-0.2, 0) is 6.42 Å². The van der Waals surface area contributed by atoms with Crippen LogP contribution in [0, 0.1) is 0 Å². The smallest absolute Gasteiger partial charge is 0.107 e. The van der Waals surface area contributed by atoms with Crippen LogP contribution in [0.4, 0.5) is 0 Å². The molecule has 1 unspecified atom stereocenters. The summed E-state index contributed by atoms with van der Waals surface area (Å²) in [6.07, 6.45) is 0.638. The van der Waals surface area contributed by atoms with Crippen molar-refractivity contribution in [2.45, 2.75) is 18.9 Å². The average Bonchev–Trinajstić information content (AvgIpc) is 2.30. The van der Waals surface area contributed by atoms with Gasteiger partial charge in [-0.1, -0.05) is 11.6 Å². The van der Waals surface area contributed by atoms with Gasteiger partial charge in [-0.05, 0) is 28.9 Å². The van der Waals surface area contributed by atoms with Gasteiger partial charge < -0.3 is 10.8 Å². The first kappa shape index (κ1) is 11.5. The van der Waals surface area contributed by atoms with E-state index in [4.69, 9.17) is 22.4 Å². The Hall–Kier alpha value is 0.390. The number of hydrogen-bond donors (Lipinski definition) is 2.